The summed E-state index contributed by atoms with van der Waals surface area (Å²) in [6.07, 6.45) is 4.33. The maximum Gasteiger partial charge on any atom is 0.293 e. The van der Waals surface area contributed by atoms with Crippen molar-refractivity contribution >= 4 is 23.1 Å². The Hall–Kier alpha value is -4.46. The maximum atomic E-state index is 12.9. The molecule has 2 aromatic carbocycles. The summed E-state index contributed by atoms with van der Waals surface area (Å²) in [4.78, 5) is 30.2. The van der Waals surface area contributed by atoms with Crippen molar-refractivity contribution in [2.75, 3.05) is 10.6 Å². The second kappa shape index (κ2) is 9.65. The molecule has 4 rings (SSSR count). The Labute approximate surface area is 209 Å². The van der Waals surface area contributed by atoms with Crippen LogP contribution in [0.1, 0.15) is 42.3 Å². The number of aryl methyl sites for hydroxylation is 1. The van der Waals surface area contributed by atoms with Crippen molar-refractivity contribution in [2.45, 2.75) is 33.1 Å². The number of rotatable bonds is 5. The largest absolute Gasteiger partial charge is 0.619 e. The van der Waals surface area contributed by atoms with E-state index in [9.17, 15) is 14.8 Å². The average Bonchev–Trinajstić information content (AvgIpc) is 2.84. The molecule has 8 nitrogen and oxygen atoms in total. The third-order valence-electron chi connectivity index (χ3n) is 6.01. The highest BCUT2D eigenvalue weighted by atomic mass is 16.5. The Bertz CT molecular complexity index is 1470. The van der Waals surface area contributed by atoms with Gasteiger partial charge >= 0.3 is 0 Å². The van der Waals surface area contributed by atoms with Crippen LogP contribution in [0.15, 0.2) is 78.0 Å². The summed E-state index contributed by atoms with van der Waals surface area (Å²) < 4.78 is 2.11. The highest BCUT2D eigenvalue weighted by Crippen LogP contribution is 2.28. The van der Waals surface area contributed by atoms with Gasteiger partial charge in [-0.15, -0.1) is 0 Å². The highest BCUT2D eigenvalue weighted by Gasteiger charge is 2.16. The van der Waals surface area contributed by atoms with E-state index in [4.69, 9.17) is 0 Å². The minimum Gasteiger partial charge on any atom is -0.619 e. The van der Waals surface area contributed by atoms with Gasteiger partial charge in [0.05, 0.1) is 11.4 Å². The molecule has 0 bridgehead atoms. The lowest BCUT2D eigenvalue weighted by molar-refractivity contribution is -0.605. The van der Waals surface area contributed by atoms with Crippen LogP contribution in [0.5, 0.6) is 0 Å². The van der Waals surface area contributed by atoms with E-state index >= 15 is 0 Å². The molecule has 184 valence electrons. The molecule has 0 saturated carbocycles. The fourth-order valence-electron chi connectivity index (χ4n) is 3.81. The molecule has 1 amide bonds. The smallest absolute Gasteiger partial charge is 0.293 e. The number of carbonyl (C=O) groups excluding carboxylic acids is 1. The molecule has 0 aliphatic carbocycles. The molecule has 2 aromatic heterocycles. The van der Waals surface area contributed by atoms with Crippen LogP contribution in [0, 0.1) is 12.1 Å². The van der Waals surface area contributed by atoms with Gasteiger partial charge in [0.1, 0.15) is 0 Å². The number of benzene rings is 2. The Morgan fingerprint density at radius 2 is 1.69 bits per heavy atom. The predicted octanol–water partition coefficient (Wildman–Crippen LogP) is 4.68. The topological polar surface area (TPSA) is 103 Å². The molecule has 4 aromatic rings. The number of aromatic nitrogens is 3. The lowest BCUT2D eigenvalue weighted by Crippen LogP contribution is -2.24. The van der Waals surface area contributed by atoms with Gasteiger partial charge in [0.25, 0.3) is 11.5 Å². The summed E-state index contributed by atoms with van der Waals surface area (Å²) in [5.41, 5.74) is 4.82. The van der Waals surface area contributed by atoms with E-state index in [1.807, 2.05) is 49.4 Å². The molecular weight excluding hydrogens is 454 g/mol. The van der Waals surface area contributed by atoms with E-state index in [0.717, 1.165) is 16.7 Å². The summed E-state index contributed by atoms with van der Waals surface area (Å²) in [7, 11) is 1.65. The Balaban J connectivity index is 1.63. The molecule has 8 heteroatoms. The maximum absolute atomic E-state index is 12.9. The van der Waals surface area contributed by atoms with Gasteiger partial charge in [-0.3, -0.25) is 9.59 Å². The molecule has 0 unspecified atom stereocenters. The molecule has 0 radical (unpaired) electrons. The molecule has 2 N–H and O–H groups in total. The zero-order valence-corrected chi connectivity index (χ0v) is 21.0. The summed E-state index contributed by atoms with van der Waals surface area (Å²) in [6, 6.07) is 16.3. The second-order valence-corrected chi connectivity index (χ2v) is 9.72. The minimum atomic E-state index is -0.307. The van der Waals surface area contributed by atoms with Crippen LogP contribution in [-0.4, -0.2) is 15.5 Å². The zero-order valence-electron chi connectivity index (χ0n) is 21.0. The van der Waals surface area contributed by atoms with Crippen molar-refractivity contribution in [3.63, 3.8) is 0 Å². The van der Waals surface area contributed by atoms with Crippen molar-refractivity contribution in [1.29, 1.82) is 0 Å². The first-order chi connectivity index (χ1) is 17.0. The van der Waals surface area contributed by atoms with Crippen molar-refractivity contribution in [3.05, 3.63) is 105 Å². The molecule has 0 spiro atoms. The van der Waals surface area contributed by atoms with E-state index in [-0.39, 0.29) is 22.7 Å². The SMILES string of the molecule is Cc1c(NC(=O)c2ccc(C(C)(C)C)cc2)cccc1-c1cn(C)c(=O)c(Nc2cc[n+]([O-])cc2)n1. The van der Waals surface area contributed by atoms with E-state index in [2.05, 4.69) is 36.4 Å². The fourth-order valence-corrected chi connectivity index (χ4v) is 3.81. The number of carbonyl (C=O) groups is 1. The zero-order chi connectivity index (χ0) is 26.0. The molecule has 0 aliphatic rings. The third kappa shape index (κ3) is 5.27. The standard InChI is InChI=1S/C28H29N5O3/c1-18-22(24-17-32(5)27(35)25(30-24)29-21-13-15-33(36)16-14-21)7-6-8-23(18)31-26(34)19-9-11-20(12-10-19)28(2,3)4/h6-17H,1-5H3,(H,29,30)(H,31,34). The number of nitrogens with zero attached hydrogens (tertiary/aromatic N) is 3. The van der Waals surface area contributed by atoms with E-state index < -0.39 is 0 Å². The number of hydrogen-bond donors (Lipinski definition) is 2. The number of nitrogens with one attached hydrogen (secondary N) is 2. The van der Waals surface area contributed by atoms with Crippen LogP contribution in [0.25, 0.3) is 11.3 Å². The first-order valence-corrected chi connectivity index (χ1v) is 11.6. The van der Waals surface area contributed by atoms with Crippen LogP contribution >= 0.6 is 0 Å². The number of hydrogen-bond acceptors (Lipinski definition) is 5. The Morgan fingerprint density at radius 1 is 1.03 bits per heavy atom. The number of anilines is 3. The quantitative estimate of drug-likeness (QED) is 0.317. The van der Waals surface area contributed by atoms with Gasteiger partial charge in [-0.2, -0.15) is 4.73 Å². The van der Waals surface area contributed by atoms with Gasteiger partial charge in [-0.25, -0.2) is 4.98 Å². The van der Waals surface area contributed by atoms with E-state index in [1.54, 1.807) is 25.4 Å². The average molecular weight is 484 g/mol. The van der Waals surface area contributed by atoms with Crippen molar-refractivity contribution < 1.29 is 9.52 Å². The van der Waals surface area contributed by atoms with Crippen LogP contribution in [-0.2, 0) is 12.5 Å². The summed E-state index contributed by atoms with van der Waals surface area (Å²) in [6.45, 7) is 8.30. The normalized spacial score (nSPS) is 11.2. The van der Waals surface area contributed by atoms with Crippen molar-refractivity contribution in [1.82, 2.24) is 9.55 Å². The van der Waals surface area contributed by atoms with Gasteiger partial charge < -0.3 is 20.4 Å². The lowest BCUT2D eigenvalue weighted by atomic mass is 9.86. The second-order valence-electron chi connectivity index (χ2n) is 9.72. The molecule has 0 atom stereocenters. The van der Waals surface area contributed by atoms with Gasteiger partial charge in [-0.1, -0.05) is 45.0 Å². The van der Waals surface area contributed by atoms with Gasteiger partial charge in [-0.05, 0) is 41.7 Å². The first-order valence-electron chi connectivity index (χ1n) is 11.6. The lowest BCUT2D eigenvalue weighted by Gasteiger charge is -2.19. The minimum absolute atomic E-state index is 0.00880. The van der Waals surface area contributed by atoms with Gasteiger partial charge in [0.15, 0.2) is 18.2 Å². The first kappa shape index (κ1) is 24.7. The van der Waals surface area contributed by atoms with Gasteiger partial charge in [0.2, 0.25) is 0 Å². The van der Waals surface area contributed by atoms with Crippen molar-refractivity contribution in [2.24, 2.45) is 7.05 Å². The van der Waals surface area contributed by atoms with Crippen LogP contribution in [0.3, 0.4) is 0 Å². The highest BCUT2D eigenvalue weighted by molar-refractivity contribution is 6.05. The number of pyridine rings is 1. The molecule has 0 aliphatic heterocycles. The molecule has 0 fully saturated rings. The molecule has 0 saturated heterocycles. The summed E-state index contributed by atoms with van der Waals surface area (Å²) in [5.74, 6) is -0.0717. The Kier molecular flexibility index (Phi) is 6.61. The number of amides is 1. The predicted molar refractivity (Wildman–Crippen MR) is 141 cm³/mol. The molecule has 2 heterocycles. The van der Waals surface area contributed by atoms with Crippen LogP contribution in [0.2, 0.25) is 0 Å². The van der Waals surface area contributed by atoms with Gasteiger partial charge in [0, 0.05) is 42.2 Å². The fraction of sp³-hybridized carbons (Fsp3) is 0.214. The third-order valence-corrected chi connectivity index (χ3v) is 6.01. The van der Waals surface area contributed by atoms with Crippen molar-refractivity contribution in [3.8, 4) is 11.3 Å². The Morgan fingerprint density at radius 3 is 2.33 bits per heavy atom. The van der Waals surface area contributed by atoms with E-state index in [0.29, 0.717) is 27.4 Å². The molecule has 36 heavy (non-hydrogen) atoms. The monoisotopic (exact) mass is 483 g/mol. The van der Waals surface area contributed by atoms with E-state index in [1.165, 1.54) is 17.0 Å². The van der Waals surface area contributed by atoms with Crippen LogP contribution < -0.4 is 20.9 Å². The molecular formula is C28H29N5O3. The summed E-state index contributed by atoms with van der Waals surface area (Å²) in [5, 5.41) is 17.3. The van der Waals surface area contributed by atoms with Crippen LogP contribution in [0.4, 0.5) is 17.2 Å². The summed E-state index contributed by atoms with van der Waals surface area (Å²) >= 11 is 0.